The molecule has 140 valence electrons. The predicted molar refractivity (Wildman–Crippen MR) is 112 cm³/mol. The summed E-state index contributed by atoms with van der Waals surface area (Å²) in [5, 5.41) is 0. The van der Waals surface area contributed by atoms with Crippen LogP contribution >= 0.6 is 0 Å². The number of hydrogen-bond donors (Lipinski definition) is 0. The molecule has 0 aliphatic heterocycles. The van der Waals surface area contributed by atoms with Crippen LogP contribution < -0.4 is 0 Å². The molecule has 23 heavy (non-hydrogen) atoms. The number of rotatable bonds is 19. The van der Waals surface area contributed by atoms with E-state index >= 15 is 0 Å². The standard InChI is InChI=1S/C22H48Si/c1-4-5-6-7-8-9-10-11-12-13-14-15-16-17-18-19-20-21-22-23(2)3/h23H,4-22H2,1-3H3. The maximum absolute atomic E-state index is 2.48. The summed E-state index contributed by atoms with van der Waals surface area (Å²) >= 11 is 0. The first-order valence-corrected chi connectivity index (χ1v) is 14.4. The normalized spacial score (nSPS) is 11.5. The first kappa shape index (κ1) is 23.2. The quantitative estimate of drug-likeness (QED) is 0.163. The van der Waals surface area contributed by atoms with Gasteiger partial charge in [-0.05, 0) is 0 Å². The third-order valence-corrected chi connectivity index (χ3v) is 6.70. The first-order chi connectivity index (χ1) is 11.3. The van der Waals surface area contributed by atoms with Crippen LogP contribution in [0.15, 0.2) is 0 Å². The minimum atomic E-state index is -0.267. The fourth-order valence-electron chi connectivity index (χ4n) is 3.45. The summed E-state index contributed by atoms with van der Waals surface area (Å²) in [4.78, 5) is 0. The van der Waals surface area contributed by atoms with Crippen LogP contribution in [0.5, 0.6) is 0 Å². The topological polar surface area (TPSA) is 0 Å². The van der Waals surface area contributed by atoms with Gasteiger partial charge in [0, 0.05) is 8.80 Å². The van der Waals surface area contributed by atoms with Crippen molar-refractivity contribution in [1.82, 2.24) is 0 Å². The molecule has 0 rings (SSSR count). The van der Waals surface area contributed by atoms with Gasteiger partial charge in [0.25, 0.3) is 0 Å². The second kappa shape index (κ2) is 20.3. The van der Waals surface area contributed by atoms with Crippen molar-refractivity contribution in [2.45, 2.75) is 142 Å². The molecule has 0 N–H and O–H groups in total. The van der Waals surface area contributed by atoms with Gasteiger partial charge in [-0.15, -0.1) is 0 Å². The molecule has 0 radical (unpaired) electrons. The molecule has 0 nitrogen and oxygen atoms in total. The highest BCUT2D eigenvalue weighted by Crippen LogP contribution is 2.14. The maximum atomic E-state index is 2.48. The van der Waals surface area contributed by atoms with Crippen molar-refractivity contribution in [3.8, 4) is 0 Å². The molecule has 0 heterocycles. The van der Waals surface area contributed by atoms with Crippen LogP contribution in [-0.4, -0.2) is 8.80 Å². The highest BCUT2D eigenvalue weighted by Gasteiger charge is 1.96. The van der Waals surface area contributed by atoms with Gasteiger partial charge in [0.15, 0.2) is 0 Å². The lowest BCUT2D eigenvalue weighted by molar-refractivity contribution is 0.526. The molecule has 0 bridgehead atoms. The molecule has 0 spiro atoms. The minimum absolute atomic E-state index is 0.267. The summed E-state index contributed by atoms with van der Waals surface area (Å²) in [5.74, 6) is 0. The molecule has 0 aromatic carbocycles. The molecule has 0 saturated carbocycles. The van der Waals surface area contributed by atoms with Crippen LogP contribution in [-0.2, 0) is 0 Å². The summed E-state index contributed by atoms with van der Waals surface area (Å²) in [6.07, 6.45) is 26.7. The van der Waals surface area contributed by atoms with Crippen molar-refractivity contribution in [3.05, 3.63) is 0 Å². The molecule has 0 amide bonds. The van der Waals surface area contributed by atoms with Gasteiger partial charge >= 0.3 is 0 Å². The van der Waals surface area contributed by atoms with Crippen LogP contribution in [0.25, 0.3) is 0 Å². The summed E-state index contributed by atoms with van der Waals surface area (Å²) in [6, 6.07) is 1.57. The van der Waals surface area contributed by atoms with E-state index in [-0.39, 0.29) is 8.80 Å². The van der Waals surface area contributed by atoms with Crippen molar-refractivity contribution in [3.63, 3.8) is 0 Å². The molecular weight excluding hydrogens is 292 g/mol. The van der Waals surface area contributed by atoms with Gasteiger partial charge in [-0.2, -0.15) is 0 Å². The molecule has 0 atom stereocenters. The van der Waals surface area contributed by atoms with Gasteiger partial charge in [0.05, 0.1) is 0 Å². The van der Waals surface area contributed by atoms with Crippen LogP contribution in [0.2, 0.25) is 19.1 Å². The molecule has 0 aliphatic rings. The molecule has 0 aromatic rings. The van der Waals surface area contributed by atoms with Crippen LogP contribution in [0, 0.1) is 0 Å². The van der Waals surface area contributed by atoms with Gasteiger partial charge in [-0.25, -0.2) is 0 Å². The Morgan fingerprint density at radius 2 is 0.652 bits per heavy atom. The average molecular weight is 341 g/mol. The number of hydrogen-bond acceptors (Lipinski definition) is 0. The van der Waals surface area contributed by atoms with Crippen LogP contribution in [0.3, 0.4) is 0 Å². The van der Waals surface area contributed by atoms with Gasteiger partial charge < -0.3 is 0 Å². The molecular formula is C22H48Si. The smallest absolute Gasteiger partial charge is 0.0305 e. The Morgan fingerprint density at radius 1 is 0.391 bits per heavy atom. The molecule has 1 heteroatoms. The van der Waals surface area contributed by atoms with E-state index in [2.05, 4.69) is 20.0 Å². The molecule has 0 aliphatic carbocycles. The van der Waals surface area contributed by atoms with E-state index in [1.54, 1.807) is 6.04 Å². The molecule has 0 unspecified atom stereocenters. The zero-order chi connectivity index (χ0) is 17.0. The van der Waals surface area contributed by atoms with E-state index in [4.69, 9.17) is 0 Å². The van der Waals surface area contributed by atoms with E-state index in [0.29, 0.717) is 0 Å². The Morgan fingerprint density at radius 3 is 0.913 bits per heavy atom. The number of unbranched alkanes of at least 4 members (excludes halogenated alkanes) is 17. The Balaban J connectivity index is 2.95. The zero-order valence-corrected chi connectivity index (χ0v) is 18.2. The fourth-order valence-corrected chi connectivity index (χ4v) is 4.56. The van der Waals surface area contributed by atoms with Crippen LogP contribution in [0.4, 0.5) is 0 Å². The largest absolute Gasteiger partial charge is 0.0722 e. The van der Waals surface area contributed by atoms with Gasteiger partial charge in [-0.1, -0.05) is 142 Å². The van der Waals surface area contributed by atoms with E-state index in [1.807, 2.05) is 0 Å². The Hall–Kier alpha value is 0.217. The van der Waals surface area contributed by atoms with Gasteiger partial charge in [0.2, 0.25) is 0 Å². The van der Waals surface area contributed by atoms with E-state index in [1.165, 1.54) is 116 Å². The third kappa shape index (κ3) is 22.2. The summed E-state index contributed by atoms with van der Waals surface area (Å²) in [5.41, 5.74) is 0. The highest BCUT2D eigenvalue weighted by molar-refractivity contribution is 6.55. The predicted octanol–water partition coefficient (Wildman–Crippen LogP) is 8.51. The Labute approximate surface area is 150 Å². The highest BCUT2D eigenvalue weighted by atomic mass is 28.3. The monoisotopic (exact) mass is 340 g/mol. The van der Waals surface area contributed by atoms with Crippen molar-refractivity contribution < 1.29 is 0 Å². The lowest BCUT2D eigenvalue weighted by Crippen LogP contribution is -1.97. The third-order valence-electron chi connectivity index (χ3n) is 5.14. The average Bonchev–Trinajstić information content (AvgIpc) is 2.53. The van der Waals surface area contributed by atoms with E-state index in [9.17, 15) is 0 Å². The van der Waals surface area contributed by atoms with Crippen molar-refractivity contribution >= 4 is 8.80 Å². The Bertz CT molecular complexity index is 200. The van der Waals surface area contributed by atoms with Crippen molar-refractivity contribution in [1.29, 1.82) is 0 Å². The minimum Gasteiger partial charge on any atom is -0.0722 e. The Kier molecular flexibility index (Phi) is 20.5. The summed E-state index contributed by atoms with van der Waals surface area (Å²) < 4.78 is 0. The van der Waals surface area contributed by atoms with E-state index < -0.39 is 0 Å². The summed E-state index contributed by atoms with van der Waals surface area (Å²) in [7, 11) is -0.267. The van der Waals surface area contributed by atoms with Crippen LogP contribution in [0.1, 0.15) is 122 Å². The molecule has 0 aromatic heterocycles. The molecule has 0 fully saturated rings. The fraction of sp³-hybridized carbons (Fsp3) is 1.00. The van der Waals surface area contributed by atoms with Crippen molar-refractivity contribution in [2.24, 2.45) is 0 Å². The van der Waals surface area contributed by atoms with Gasteiger partial charge in [-0.3, -0.25) is 0 Å². The SMILES string of the molecule is CCCCCCCCCCCCCCCCCCCC[SiH](C)C. The van der Waals surface area contributed by atoms with Crippen molar-refractivity contribution in [2.75, 3.05) is 0 Å². The zero-order valence-electron chi connectivity index (χ0n) is 17.0. The first-order valence-electron chi connectivity index (χ1n) is 11.3. The summed E-state index contributed by atoms with van der Waals surface area (Å²) in [6.45, 7) is 7.26. The molecule has 0 saturated heterocycles. The maximum Gasteiger partial charge on any atom is 0.0305 e. The van der Waals surface area contributed by atoms with Gasteiger partial charge in [0.1, 0.15) is 0 Å². The second-order valence-corrected chi connectivity index (χ2v) is 11.6. The van der Waals surface area contributed by atoms with E-state index in [0.717, 1.165) is 0 Å². The lowest BCUT2D eigenvalue weighted by atomic mass is 10.0. The lowest BCUT2D eigenvalue weighted by Gasteiger charge is -2.04. The second-order valence-electron chi connectivity index (χ2n) is 8.19.